The maximum absolute atomic E-state index is 5.67. The molecule has 0 bridgehead atoms. The topological polar surface area (TPSA) is 34.4 Å². The molecule has 0 fully saturated rings. The van der Waals surface area contributed by atoms with Gasteiger partial charge in [0.15, 0.2) is 5.22 Å². The molecule has 1 heterocycles. The second kappa shape index (κ2) is 7.17. The quantitative estimate of drug-likeness (QED) is 0.805. The van der Waals surface area contributed by atoms with Crippen molar-refractivity contribution in [1.82, 2.24) is 5.32 Å². The van der Waals surface area contributed by atoms with Gasteiger partial charge in [-0.1, -0.05) is 0 Å². The Morgan fingerprint density at radius 2 is 2.40 bits per heavy atom. The minimum atomic E-state index is 0.380. The first-order chi connectivity index (χ1) is 7.26. The average molecular weight is 250 g/mol. The first kappa shape index (κ1) is 12.9. The molecule has 0 amide bonds. The Balaban J connectivity index is 2.20. The van der Waals surface area contributed by atoms with Crippen LogP contribution in [0.5, 0.6) is 0 Å². The number of ether oxygens (including phenoxy) is 1. The van der Waals surface area contributed by atoms with Crippen LogP contribution < -0.4 is 5.32 Å². The van der Waals surface area contributed by atoms with Crippen molar-refractivity contribution in [2.45, 2.75) is 11.8 Å². The lowest BCUT2D eigenvalue weighted by Gasteiger charge is -2.13. The molecule has 0 aliphatic rings. The second-order valence-corrected chi connectivity index (χ2v) is 4.56. The summed E-state index contributed by atoms with van der Waals surface area (Å²) < 4.78 is 10.3. The monoisotopic (exact) mass is 249 g/mol. The maximum Gasteiger partial charge on any atom is 0.193 e. The fourth-order valence-corrected chi connectivity index (χ4v) is 2.33. The lowest BCUT2D eigenvalue weighted by atomic mass is 10.4. The SMILES string of the molecule is CNC(COC)CSCc1ccc(Cl)o1. The fraction of sp³-hybridized carbons (Fsp3) is 0.600. The minimum Gasteiger partial charge on any atom is -0.449 e. The molecule has 0 aliphatic heterocycles. The van der Waals surface area contributed by atoms with E-state index in [0.717, 1.165) is 23.9 Å². The summed E-state index contributed by atoms with van der Waals surface area (Å²) >= 11 is 7.47. The Kier molecular flexibility index (Phi) is 6.17. The molecule has 5 heteroatoms. The van der Waals surface area contributed by atoms with Gasteiger partial charge in [0, 0.05) is 18.9 Å². The Labute approximate surface area is 99.5 Å². The summed E-state index contributed by atoms with van der Waals surface area (Å²) in [6.07, 6.45) is 0. The summed E-state index contributed by atoms with van der Waals surface area (Å²) in [5.74, 6) is 2.74. The molecule has 0 aromatic carbocycles. The third-order valence-electron chi connectivity index (χ3n) is 1.97. The van der Waals surface area contributed by atoms with Crippen LogP contribution in [0, 0.1) is 0 Å². The van der Waals surface area contributed by atoms with E-state index in [9.17, 15) is 0 Å². The molecule has 86 valence electrons. The smallest absolute Gasteiger partial charge is 0.193 e. The van der Waals surface area contributed by atoms with Crippen LogP contribution in [0.2, 0.25) is 5.22 Å². The summed E-state index contributed by atoms with van der Waals surface area (Å²) in [7, 11) is 3.65. The number of furan rings is 1. The van der Waals surface area contributed by atoms with Crippen LogP contribution >= 0.6 is 23.4 Å². The molecule has 1 aromatic heterocycles. The van der Waals surface area contributed by atoms with Gasteiger partial charge in [-0.25, -0.2) is 0 Å². The Hall–Kier alpha value is -0.160. The van der Waals surface area contributed by atoms with Gasteiger partial charge in [-0.05, 0) is 30.8 Å². The maximum atomic E-state index is 5.67. The summed E-state index contributed by atoms with van der Waals surface area (Å²) in [6.45, 7) is 0.725. The highest BCUT2D eigenvalue weighted by atomic mass is 35.5. The van der Waals surface area contributed by atoms with Crippen molar-refractivity contribution < 1.29 is 9.15 Å². The zero-order valence-corrected chi connectivity index (χ0v) is 10.5. The molecular weight excluding hydrogens is 234 g/mol. The Bertz CT molecular complexity index is 280. The van der Waals surface area contributed by atoms with E-state index in [0.29, 0.717) is 11.3 Å². The predicted molar refractivity (Wildman–Crippen MR) is 64.6 cm³/mol. The third kappa shape index (κ3) is 4.93. The molecule has 1 rings (SSSR count). The number of hydrogen-bond acceptors (Lipinski definition) is 4. The lowest BCUT2D eigenvalue weighted by Crippen LogP contribution is -2.32. The second-order valence-electron chi connectivity index (χ2n) is 3.16. The number of halogens is 1. The molecule has 0 saturated heterocycles. The van der Waals surface area contributed by atoms with E-state index in [1.54, 1.807) is 24.9 Å². The van der Waals surface area contributed by atoms with E-state index in [4.69, 9.17) is 20.8 Å². The van der Waals surface area contributed by atoms with E-state index in [1.165, 1.54) is 0 Å². The number of hydrogen-bond donors (Lipinski definition) is 1. The first-order valence-electron chi connectivity index (χ1n) is 4.74. The van der Waals surface area contributed by atoms with E-state index < -0.39 is 0 Å². The van der Waals surface area contributed by atoms with Crippen LogP contribution in [0.25, 0.3) is 0 Å². The highest BCUT2D eigenvalue weighted by Gasteiger charge is 2.06. The van der Waals surface area contributed by atoms with Crippen molar-refractivity contribution in [3.63, 3.8) is 0 Å². The summed E-state index contributed by atoms with van der Waals surface area (Å²) in [6, 6.07) is 4.05. The van der Waals surface area contributed by atoms with E-state index in [2.05, 4.69) is 5.32 Å². The fourth-order valence-electron chi connectivity index (χ4n) is 1.15. The van der Waals surface area contributed by atoms with Gasteiger partial charge in [0.25, 0.3) is 0 Å². The van der Waals surface area contributed by atoms with Crippen LogP contribution in [-0.2, 0) is 10.5 Å². The molecule has 0 saturated carbocycles. The number of thioether (sulfide) groups is 1. The molecule has 3 nitrogen and oxygen atoms in total. The number of rotatable bonds is 7. The van der Waals surface area contributed by atoms with Crippen molar-refractivity contribution in [1.29, 1.82) is 0 Å². The van der Waals surface area contributed by atoms with E-state index in [-0.39, 0.29) is 0 Å². The first-order valence-corrected chi connectivity index (χ1v) is 6.27. The molecule has 0 radical (unpaired) electrons. The molecule has 1 N–H and O–H groups in total. The van der Waals surface area contributed by atoms with Gasteiger partial charge < -0.3 is 14.5 Å². The van der Waals surface area contributed by atoms with Crippen LogP contribution in [0.3, 0.4) is 0 Å². The zero-order valence-electron chi connectivity index (χ0n) is 8.96. The standard InChI is InChI=1S/C10H16ClNO2S/c1-12-8(5-13-2)6-15-7-9-3-4-10(11)14-9/h3-4,8,12H,5-7H2,1-2H3. The van der Waals surface area contributed by atoms with Crippen LogP contribution in [0.4, 0.5) is 0 Å². The predicted octanol–water partition coefficient (Wildman–Crippen LogP) is 2.40. The van der Waals surface area contributed by atoms with Crippen LogP contribution in [0.1, 0.15) is 5.76 Å². The van der Waals surface area contributed by atoms with Crippen molar-refractivity contribution in [2.75, 3.05) is 26.5 Å². The van der Waals surface area contributed by atoms with Crippen molar-refractivity contribution in [2.24, 2.45) is 0 Å². The van der Waals surface area contributed by atoms with Crippen LogP contribution in [-0.4, -0.2) is 32.6 Å². The Morgan fingerprint density at radius 3 is 2.93 bits per heavy atom. The normalized spacial score (nSPS) is 13.0. The average Bonchev–Trinajstić information content (AvgIpc) is 2.63. The van der Waals surface area contributed by atoms with Gasteiger partial charge in [0.2, 0.25) is 0 Å². The lowest BCUT2D eigenvalue weighted by molar-refractivity contribution is 0.177. The molecule has 1 atom stereocenters. The van der Waals surface area contributed by atoms with Crippen molar-refractivity contribution >= 4 is 23.4 Å². The molecule has 0 spiro atoms. The summed E-state index contributed by atoms with van der Waals surface area (Å²) in [4.78, 5) is 0. The van der Waals surface area contributed by atoms with Gasteiger partial charge in [-0.2, -0.15) is 11.8 Å². The largest absolute Gasteiger partial charge is 0.449 e. The van der Waals surface area contributed by atoms with Gasteiger partial charge in [0.05, 0.1) is 12.4 Å². The number of methoxy groups -OCH3 is 1. The minimum absolute atomic E-state index is 0.380. The zero-order chi connectivity index (χ0) is 11.1. The van der Waals surface area contributed by atoms with Gasteiger partial charge in [0.1, 0.15) is 5.76 Å². The molecular formula is C10H16ClNO2S. The highest BCUT2D eigenvalue weighted by Crippen LogP contribution is 2.18. The highest BCUT2D eigenvalue weighted by molar-refractivity contribution is 7.98. The number of nitrogens with one attached hydrogen (secondary N) is 1. The van der Waals surface area contributed by atoms with Gasteiger partial charge >= 0.3 is 0 Å². The van der Waals surface area contributed by atoms with Crippen molar-refractivity contribution in [3.05, 3.63) is 23.1 Å². The summed E-state index contributed by atoms with van der Waals surface area (Å²) in [5, 5.41) is 3.64. The third-order valence-corrected chi connectivity index (χ3v) is 3.30. The number of likely N-dealkylation sites (N-methyl/N-ethyl adjacent to an activating group) is 1. The molecule has 1 unspecified atom stereocenters. The van der Waals surface area contributed by atoms with Gasteiger partial charge in [-0.15, -0.1) is 0 Å². The van der Waals surface area contributed by atoms with E-state index >= 15 is 0 Å². The summed E-state index contributed by atoms with van der Waals surface area (Å²) in [5.41, 5.74) is 0. The molecule has 15 heavy (non-hydrogen) atoms. The van der Waals surface area contributed by atoms with Crippen molar-refractivity contribution in [3.8, 4) is 0 Å². The van der Waals surface area contributed by atoms with E-state index in [1.807, 2.05) is 13.1 Å². The van der Waals surface area contributed by atoms with Gasteiger partial charge in [-0.3, -0.25) is 0 Å². The Morgan fingerprint density at radius 1 is 1.60 bits per heavy atom. The van der Waals surface area contributed by atoms with Crippen LogP contribution in [0.15, 0.2) is 16.5 Å². The molecule has 1 aromatic rings. The molecule has 0 aliphatic carbocycles.